The van der Waals surface area contributed by atoms with Crippen LogP contribution in [-0.2, 0) is 0 Å². The van der Waals surface area contributed by atoms with Gasteiger partial charge in [0.15, 0.2) is 5.58 Å². The number of carbonyl (C=O) groups is 1. The number of benzene rings is 2. The molecular weight excluding hydrogens is 258 g/mol. The molecule has 0 fully saturated rings. The second-order valence-corrected chi connectivity index (χ2v) is 4.31. The van der Waals surface area contributed by atoms with E-state index < -0.39 is 5.76 Å². The molecule has 0 spiro atoms. The number of nitrogen functional groups attached to an aromatic ring is 1. The largest absolute Gasteiger partial charge is 0.417 e. The van der Waals surface area contributed by atoms with Crippen molar-refractivity contribution in [3.63, 3.8) is 0 Å². The van der Waals surface area contributed by atoms with E-state index in [1.165, 1.54) is 0 Å². The van der Waals surface area contributed by atoms with Gasteiger partial charge in [0.05, 0.1) is 5.52 Å². The van der Waals surface area contributed by atoms with E-state index in [4.69, 9.17) is 10.2 Å². The van der Waals surface area contributed by atoms with Gasteiger partial charge in [0.1, 0.15) is 0 Å². The molecule has 0 bridgehead atoms. The molecule has 2 aromatic carbocycles. The zero-order valence-electron chi connectivity index (χ0n) is 10.3. The van der Waals surface area contributed by atoms with Crippen LogP contribution in [0.4, 0.5) is 11.4 Å². The molecule has 1 heterocycles. The van der Waals surface area contributed by atoms with E-state index in [-0.39, 0.29) is 5.91 Å². The Morgan fingerprint density at radius 3 is 2.85 bits per heavy atom. The molecule has 0 aliphatic heterocycles. The lowest BCUT2D eigenvalue weighted by Gasteiger charge is -2.05. The number of fused-ring (bicyclic) bond motifs is 1. The van der Waals surface area contributed by atoms with Crippen molar-refractivity contribution in [1.29, 1.82) is 0 Å². The average molecular weight is 269 g/mol. The Balaban J connectivity index is 1.88. The minimum absolute atomic E-state index is 0.275. The third-order valence-corrected chi connectivity index (χ3v) is 2.83. The summed E-state index contributed by atoms with van der Waals surface area (Å²) in [4.78, 5) is 25.6. The highest BCUT2D eigenvalue weighted by Crippen LogP contribution is 2.17. The second-order valence-electron chi connectivity index (χ2n) is 4.31. The van der Waals surface area contributed by atoms with Crippen molar-refractivity contribution in [2.45, 2.75) is 0 Å². The Morgan fingerprint density at radius 2 is 2.05 bits per heavy atom. The van der Waals surface area contributed by atoms with Crippen LogP contribution in [0.5, 0.6) is 0 Å². The first-order chi connectivity index (χ1) is 9.61. The number of aromatic amines is 1. The Bertz CT molecular complexity index is 848. The number of nitrogens with one attached hydrogen (secondary N) is 2. The lowest BCUT2D eigenvalue weighted by Crippen LogP contribution is -2.12. The highest BCUT2D eigenvalue weighted by Gasteiger charge is 2.08. The van der Waals surface area contributed by atoms with Crippen LogP contribution in [-0.4, -0.2) is 10.9 Å². The number of oxazole rings is 1. The van der Waals surface area contributed by atoms with Gasteiger partial charge in [-0.3, -0.25) is 9.78 Å². The topological polar surface area (TPSA) is 101 Å². The van der Waals surface area contributed by atoms with Crippen LogP contribution in [0.1, 0.15) is 10.4 Å². The van der Waals surface area contributed by atoms with Crippen molar-refractivity contribution < 1.29 is 9.21 Å². The fourth-order valence-corrected chi connectivity index (χ4v) is 1.91. The number of carbonyl (C=O) groups excluding carboxylic acids is 1. The highest BCUT2D eigenvalue weighted by molar-refractivity contribution is 6.05. The van der Waals surface area contributed by atoms with Crippen LogP contribution < -0.4 is 16.8 Å². The lowest BCUT2D eigenvalue weighted by atomic mass is 10.2. The molecule has 3 rings (SSSR count). The van der Waals surface area contributed by atoms with E-state index in [1.807, 2.05) is 0 Å². The van der Waals surface area contributed by atoms with Gasteiger partial charge in [-0.05, 0) is 36.4 Å². The summed E-state index contributed by atoms with van der Waals surface area (Å²) >= 11 is 0. The van der Waals surface area contributed by atoms with Crippen LogP contribution in [0.3, 0.4) is 0 Å². The van der Waals surface area contributed by atoms with E-state index in [1.54, 1.807) is 42.5 Å². The van der Waals surface area contributed by atoms with Crippen LogP contribution in [0.25, 0.3) is 11.1 Å². The maximum atomic E-state index is 12.0. The molecule has 1 amide bonds. The number of nitrogens with two attached hydrogens (primary N) is 1. The molecule has 0 unspecified atom stereocenters. The standard InChI is InChI=1S/C14H11N3O3/c15-9-3-1-2-8(6-9)13(18)16-10-4-5-12-11(7-10)17-14(19)20-12/h1-7H,15H2,(H,16,18)(H,17,19). The number of aromatic nitrogens is 1. The number of rotatable bonds is 2. The van der Waals surface area contributed by atoms with Gasteiger partial charge < -0.3 is 15.5 Å². The summed E-state index contributed by atoms with van der Waals surface area (Å²) in [5.41, 5.74) is 8.15. The van der Waals surface area contributed by atoms with Gasteiger partial charge in [-0.25, -0.2) is 4.79 Å². The van der Waals surface area contributed by atoms with Crippen molar-refractivity contribution in [3.8, 4) is 0 Å². The van der Waals surface area contributed by atoms with Crippen LogP contribution in [0, 0.1) is 0 Å². The molecule has 0 saturated carbocycles. The number of anilines is 2. The van der Waals surface area contributed by atoms with Crippen LogP contribution in [0.15, 0.2) is 51.7 Å². The molecule has 0 aliphatic carbocycles. The van der Waals surface area contributed by atoms with Crippen molar-refractivity contribution in [2.75, 3.05) is 11.1 Å². The second kappa shape index (κ2) is 4.58. The third kappa shape index (κ3) is 2.26. The molecule has 0 radical (unpaired) electrons. The Hall–Kier alpha value is -3.02. The maximum Gasteiger partial charge on any atom is 0.417 e. The monoisotopic (exact) mass is 269 g/mol. The summed E-state index contributed by atoms with van der Waals surface area (Å²) in [5, 5.41) is 2.73. The zero-order valence-corrected chi connectivity index (χ0v) is 10.3. The minimum atomic E-state index is -0.528. The summed E-state index contributed by atoms with van der Waals surface area (Å²) in [7, 11) is 0. The summed E-state index contributed by atoms with van der Waals surface area (Å²) in [5.74, 6) is -0.804. The minimum Gasteiger partial charge on any atom is -0.408 e. The number of H-pyrrole nitrogens is 1. The number of hydrogen-bond donors (Lipinski definition) is 3. The molecule has 3 aromatic rings. The fraction of sp³-hybridized carbons (Fsp3) is 0. The first-order valence-corrected chi connectivity index (χ1v) is 5.91. The fourth-order valence-electron chi connectivity index (χ4n) is 1.91. The smallest absolute Gasteiger partial charge is 0.408 e. The molecule has 0 aliphatic rings. The summed E-state index contributed by atoms with van der Waals surface area (Å²) in [6.07, 6.45) is 0. The molecule has 100 valence electrons. The maximum absolute atomic E-state index is 12.0. The van der Waals surface area contributed by atoms with E-state index >= 15 is 0 Å². The van der Waals surface area contributed by atoms with Crippen molar-refractivity contribution in [2.24, 2.45) is 0 Å². The molecule has 4 N–H and O–H groups in total. The first kappa shape index (κ1) is 12.0. The van der Waals surface area contributed by atoms with Crippen molar-refractivity contribution >= 4 is 28.4 Å². The van der Waals surface area contributed by atoms with Gasteiger partial charge in [0.25, 0.3) is 5.91 Å². The van der Waals surface area contributed by atoms with Gasteiger partial charge in [0.2, 0.25) is 0 Å². The van der Waals surface area contributed by atoms with Crippen molar-refractivity contribution in [1.82, 2.24) is 4.98 Å². The molecule has 20 heavy (non-hydrogen) atoms. The predicted molar refractivity (Wildman–Crippen MR) is 75.6 cm³/mol. The quantitative estimate of drug-likeness (QED) is 0.619. The van der Waals surface area contributed by atoms with E-state index in [9.17, 15) is 9.59 Å². The summed E-state index contributed by atoms with van der Waals surface area (Å²) in [6.45, 7) is 0. The Labute approximate surface area is 113 Å². The van der Waals surface area contributed by atoms with Gasteiger partial charge >= 0.3 is 5.76 Å². The Kier molecular flexibility index (Phi) is 2.76. The molecule has 0 atom stereocenters. The van der Waals surface area contributed by atoms with E-state index in [0.29, 0.717) is 28.0 Å². The van der Waals surface area contributed by atoms with E-state index in [0.717, 1.165) is 0 Å². The van der Waals surface area contributed by atoms with Gasteiger partial charge in [-0.1, -0.05) is 6.07 Å². The SMILES string of the molecule is Nc1cccc(C(=O)Nc2ccc3oc(=O)[nH]c3c2)c1. The molecule has 1 aromatic heterocycles. The predicted octanol–water partition coefficient (Wildman–Crippen LogP) is 1.96. The third-order valence-electron chi connectivity index (χ3n) is 2.83. The highest BCUT2D eigenvalue weighted by atomic mass is 16.4. The average Bonchev–Trinajstić information content (AvgIpc) is 2.78. The Morgan fingerprint density at radius 1 is 1.20 bits per heavy atom. The molecule has 6 nitrogen and oxygen atoms in total. The number of hydrogen-bond acceptors (Lipinski definition) is 4. The van der Waals surface area contributed by atoms with E-state index in [2.05, 4.69) is 10.3 Å². The van der Waals surface area contributed by atoms with Gasteiger partial charge in [-0.2, -0.15) is 0 Å². The van der Waals surface area contributed by atoms with Crippen molar-refractivity contribution in [3.05, 3.63) is 58.6 Å². The summed E-state index contributed by atoms with van der Waals surface area (Å²) in [6, 6.07) is 11.6. The lowest BCUT2D eigenvalue weighted by molar-refractivity contribution is 0.102. The molecular formula is C14H11N3O3. The van der Waals surface area contributed by atoms with Crippen LogP contribution >= 0.6 is 0 Å². The van der Waals surface area contributed by atoms with Gasteiger partial charge in [-0.15, -0.1) is 0 Å². The summed E-state index contributed by atoms with van der Waals surface area (Å²) < 4.78 is 4.89. The molecule has 6 heteroatoms. The van der Waals surface area contributed by atoms with Gasteiger partial charge in [0, 0.05) is 16.9 Å². The normalized spacial score (nSPS) is 10.6. The zero-order chi connectivity index (χ0) is 14.1. The first-order valence-electron chi connectivity index (χ1n) is 5.91. The number of amides is 1. The molecule has 0 saturated heterocycles. The van der Waals surface area contributed by atoms with Crippen LogP contribution in [0.2, 0.25) is 0 Å².